The van der Waals surface area contributed by atoms with E-state index in [0.717, 1.165) is 0 Å². The van der Waals surface area contributed by atoms with Gasteiger partial charge in [0, 0.05) is 19.9 Å². The lowest BCUT2D eigenvalue weighted by Gasteiger charge is -2.46. The maximum absolute atomic E-state index is 13.1. The molecule has 7 heteroatoms. The van der Waals surface area contributed by atoms with E-state index in [4.69, 9.17) is 4.74 Å². The number of halogens is 1. The number of alkyl carbamates (subject to hydrolysis) is 1. The minimum absolute atomic E-state index is 0.110. The van der Waals surface area contributed by atoms with Crippen molar-refractivity contribution in [3.8, 4) is 0 Å². The molecule has 1 saturated carbocycles. The number of nitrogens with one attached hydrogen (secondary N) is 2. The first-order valence-corrected chi connectivity index (χ1v) is 6.14. The Morgan fingerprint density at radius 1 is 1.42 bits per heavy atom. The molecule has 1 aliphatic carbocycles. The Balaban J connectivity index is 2.73. The number of rotatable bonds is 3. The Kier molecular flexibility index (Phi) is 4.39. The van der Waals surface area contributed by atoms with Crippen molar-refractivity contribution in [2.24, 2.45) is 0 Å². The van der Waals surface area contributed by atoms with Crippen molar-refractivity contribution >= 4 is 12.0 Å². The largest absolute Gasteiger partial charge is 0.444 e. The normalized spacial score (nSPS) is 28.0. The average Bonchev–Trinajstić information content (AvgIpc) is 2.21. The van der Waals surface area contributed by atoms with Crippen LogP contribution < -0.4 is 10.6 Å². The minimum atomic E-state index is -1.50. The second-order valence-corrected chi connectivity index (χ2v) is 5.81. The zero-order valence-corrected chi connectivity index (χ0v) is 11.6. The molecule has 1 atom stereocenters. The van der Waals surface area contributed by atoms with Crippen LogP contribution in [0, 0.1) is 0 Å². The van der Waals surface area contributed by atoms with Crippen molar-refractivity contribution in [1.29, 1.82) is 0 Å². The number of aliphatic hydroxyl groups is 1. The highest BCUT2D eigenvalue weighted by atomic mass is 19.1. The molecule has 0 bridgehead atoms. The van der Waals surface area contributed by atoms with Gasteiger partial charge in [-0.25, -0.2) is 9.18 Å². The number of likely N-dealkylation sites (N-methyl/N-ethyl adjacent to an activating group) is 1. The molecule has 0 heterocycles. The number of hydrogen-bond acceptors (Lipinski definition) is 4. The van der Waals surface area contributed by atoms with Crippen LogP contribution >= 0.6 is 0 Å². The van der Waals surface area contributed by atoms with Crippen LogP contribution in [0.3, 0.4) is 0 Å². The lowest BCUT2D eigenvalue weighted by Crippen LogP contribution is -2.68. The molecule has 0 aromatic rings. The fraction of sp³-hybridized carbons (Fsp3) is 0.833. The Labute approximate surface area is 111 Å². The Morgan fingerprint density at radius 3 is 2.32 bits per heavy atom. The summed E-state index contributed by atoms with van der Waals surface area (Å²) in [5, 5.41) is 14.6. The van der Waals surface area contributed by atoms with E-state index in [1.807, 2.05) is 0 Å². The van der Waals surface area contributed by atoms with Crippen LogP contribution in [0.25, 0.3) is 0 Å². The molecule has 1 aliphatic rings. The predicted octanol–water partition coefficient (Wildman–Crippen LogP) is 0.489. The Bertz CT molecular complexity index is 361. The van der Waals surface area contributed by atoms with Crippen LogP contribution in [0.15, 0.2) is 0 Å². The molecule has 1 unspecified atom stereocenters. The van der Waals surface area contributed by atoms with Gasteiger partial charge >= 0.3 is 6.09 Å². The summed E-state index contributed by atoms with van der Waals surface area (Å²) >= 11 is 0. The summed E-state index contributed by atoms with van der Waals surface area (Å²) in [5.41, 5.74) is -2.00. The van der Waals surface area contributed by atoms with Crippen LogP contribution in [0.4, 0.5) is 9.18 Å². The molecule has 110 valence electrons. The van der Waals surface area contributed by atoms with E-state index in [-0.39, 0.29) is 12.8 Å². The van der Waals surface area contributed by atoms with Crippen molar-refractivity contribution < 1.29 is 23.8 Å². The van der Waals surface area contributed by atoms with Gasteiger partial charge in [-0.2, -0.15) is 0 Å². The lowest BCUT2D eigenvalue weighted by molar-refractivity contribution is -0.138. The monoisotopic (exact) mass is 276 g/mol. The van der Waals surface area contributed by atoms with Gasteiger partial charge in [0.2, 0.25) is 0 Å². The molecule has 0 spiro atoms. The van der Waals surface area contributed by atoms with Crippen LogP contribution in [0.2, 0.25) is 0 Å². The standard InChI is InChI=1S/C12H21FN2O4/c1-11(2,3)19-10(18)15-12(5-7(13)6-12)8(16)9(17)14-4/h7-8,16H,5-6H2,1-4H3,(H,14,17)(H,15,18). The van der Waals surface area contributed by atoms with E-state index in [2.05, 4.69) is 10.6 Å². The topological polar surface area (TPSA) is 87.7 Å². The van der Waals surface area contributed by atoms with E-state index >= 15 is 0 Å². The van der Waals surface area contributed by atoms with Crippen molar-refractivity contribution in [1.82, 2.24) is 10.6 Å². The van der Waals surface area contributed by atoms with Gasteiger partial charge in [-0.05, 0) is 20.8 Å². The lowest BCUT2D eigenvalue weighted by atomic mass is 9.71. The summed E-state index contributed by atoms with van der Waals surface area (Å²) < 4.78 is 18.1. The molecule has 3 N–H and O–H groups in total. The van der Waals surface area contributed by atoms with Gasteiger partial charge < -0.3 is 20.5 Å². The summed E-state index contributed by atoms with van der Waals surface area (Å²) in [5.74, 6) is -0.664. The number of alkyl halides is 1. The predicted molar refractivity (Wildman–Crippen MR) is 66.3 cm³/mol. The van der Waals surface area contributed by atoms with Crippen molar-refractivity contribution in [2.45, 2.75) is 57.0 Å². The fourth-order valence-corrected chi connectivity index (χ4v) is 2.02. The highest BCUT2D eigenvalue weighted by molar-refractivity contribution is 5.83. The quantitative estimate of drug-likeness (QED) is 0.700. The third kappa shape index (κ3) is 3.79. The molecule has 6 nitrogen and oxygen atoms in total. The van der Waals surface area contributed by atoms with Crippen LogP contribution in [-0.4, -0.2) is 47.6 Å². The fourth-order valence-electron chi connectivity index (χ4n) is 2.02. The molecule has 19 heavy (non-hydrogen) atoms. The third-order valence-electron chi connectivity index (χ3n) is 2.94. The van der Waals surface area contributed by atoms with E-state index in [0.29, 0.717) is 0 Å². The maximum Gasteiger partial charge on any atom is 0.408 e. The van der Waals surface area contributed by atoms with Gasteiger partial charge in [0.1, 0.15) is 11.8 Å². The van der Waals surface area contributed by atoms with Gasteiger partial charge in [-0.15, -0.1) is 0 Å². The van der Waals surface area contributed by atoms with Crippen LogP contribution in [0.1, 0.15) is 33.6 Å². The molecular formula is C12H21FN2O4. The summed E-state index contributed by atoms with van der Waals surface area (Å²) in [7, 11) is 1.36. The SMILES string of the molecule is CNC(=O)C(O)C1(NC(=O)OC(C)(C)C)CC(F)C1. The molecule has 2 amide bonds. The van der Waals surface area contributed by atoms with E-state index in [1.165, 1.54) is 7.05 Å². The molecule has 0 aliphatic heterocycles. The minimum Gasteiger partial charge on any atom is -0.444 e. The van der Waals surface area contributed by atoms with Crippen molar-refractivity contribution in [3.63, 3.8) is 0 Å². The second kappa shape index (κ2) is 5.32. The molecule has 1 rings (SSSR count). The molecular weight excluding hydrogens is 255 g/mol. The summed E-state index contributed by atoms with van der Waals surface area (Å²) in [6.07, 6.45) is -3.64. The first-order chi connectivity index (χ1) is 8.59. The zero-order valence-electron chi connectivity index (χ0n) is 11.6. The first kappa shape index (κ1) is 15.7. The highest BCUT2D eigenvalue weighted by Gasteiger charge is 2.54. The van der Waals surface area contributed by atoms with E-state index in [9.17, 15) is 19.1 Å². The van der Waals surface area contributed by atoms with Gasteiger partial charge in [0.15, 0.2) is 6.10 Å². The van der Waals surface area contributed by atoms with Gasteiger partial charge in [0.05, 0.1) is 5.54 Å². The molecule has 0 aromatic heterocycles. The number of carbonyl (C=O) groups is 2. The number of amides is 2. The summed E-state index contributed by atoms with van der Waals surface area (Å²) in [6, 6.07) is 0. The van der Waals surface area contributed by atoms with Crippen LogP contribution in [0.5, 0.6) is 0 Å². The number of carbonyl (C=O) groups excluding carboxylic acids is 2. The number of hydrogen-bond donors (Lipinski definition) is 3. The molecule has 1 fully saturated rings. The molecule has 0 aromatic carbocycles. The first-order valence-electron chi connectivity index (χ1n) is 6.14. The number of ether oxygens (including phenoxy) is 1. The van der Waals surface area contributed by atoms with Crippen molar-refractivity contribution in [2.75, 3.05) is 7.05 Å². The van der Waals surface area contributed by atoms with Gasteiger partial charge in [0.25, 0.3) is 5.91 Å². The van der Waals surface area contributed by atoms with E-state index < -0.39 is 35.4 Å². The maximum atomic E-state index is 13.1. The molecule has 0 saturated heterocycles. The molecule has 0 radical (unpaired) electrons. The Morgan fingerprint density at radius 2 is 1.95 bits per heavy atom. The smallest absolute Gasteiger partial charge is 0.408 e. The third-order valence-corrected chi connectivity index (χ3v) is 2.94. The Hall–Kier alpha value is -1.37. The highest BCUT2D eigenvalue weighted by Crippen LogP contribution is 2.38. The van der Waals surface area contributed by atoms with Crippen molar-refractivity contribution in [3.05, 3.63) is 0 Å². The number of aliphatic hydroxyl groups excluding tert-OH is 1. The summed E-state index contributed by atoms with van der Waals surface area (Å²) in [4.78, 5) is 23.1. The van der Waals surface area contributed by atoms with E-state index in [1.54, 1.807) is 20.8 Å². The summed E-state index contributed by atoms with van der Waals surface area (Å²) in [6.45, 7) is 5.06. The zero-order chi connectivity index (χ0) is 14.8. The average molecular weight is 276 g/mol. The van der Waals surface area contributed by atoms with Crippen LogP contribution in [-0.2, 0) is 9.53 Å². The van der Waals surface area contributed by atoms with Gasteiger partial charge in [-0.3, -0.25) is 4.79 Å². The second-order valence-electron chi connectivity index (χ2n) is 5.81. The van der Waals surface area contributed by atoms with Gasteiger partial charge in [-0.1, -0.05) is 0 Å².